The van der Waals surface area contributed by atoms with Crippen LogP contribution in [-0.2, 0) is 21.7 Å². The Morgan fingerprint density at radius 2 is 0.740 bits per heavy atom. The molecule has 0 spiro atoms. The second kappa shape index (κ2) is 13.8. The highest BCUT2D eigenvalue weighted by molar-refractivity contribution is 6.44. The third-order valence-corrected chi connectivity index (χ3v) is 10.2. The lowest BCUT2D eigenvalue weighted by atomic mass is 9.86. The van der Waals surface area contributed by atoms with Crippen LogP contribution in [0.3, 0.4) is 0 Å². The number of halogens is 2. The molecule has 0 aliphatic carbocycles. The maximum atomic E-state index is 7.24. The Hall–Kier alpha value is -3.72. The largest absolute Gasteiger partial charge is 0.310 e. The molecule has 0 heterocycles. The molecule has 50 heavy (non-hydrogen) atoms. The molecule has 0 aliphatic rings. The first-order valence-corrected chi connectivity index (χ1v) is 18.4. The molecule has 262 valence electrons. The fourth-order valence-corrected chi connectivity index (χ4v) is 6.57. The van der Waals surface area contributed by atoms with Gasteiger partial charge in [-0.25, -0.2) is 0 Å². The van der Waals surface area contributed by atoms with Crippen LogP contribution in [-0.4, -0.2) is 0 Å². The van der Waals surface area contributed by atoms with E-state index in [9.17, 15) is 0 Å². The van der Waals surface area contributed by atoms with Crippen molar-refractivity contribution in [1.82, 2.24) is 0 Å². The molecule has 0 aliphatic heterocycles. The van der Waals surface area contributed by atoms with E-state index >= 15 is 0 Å². The third-order valence-electron chi connectivity index (χ3n) is 9.44. The first-order valence-electron chi connectivity index (χ1n) is 17.7. The standard InChI is InChI=1S/C46H54Cl2N2/c1-43(2,3)31-16-22-35(23-17-31)49(36-24-18-32(19-25-36)44(4,5)6)39-29-40(47)42(48)41(30-39)50(37-26-20-33(21-27-37)45(7,8)9)38-15-13-14-34(28-38)46(10,11)12/h13-30H,1-12H3. The Morgan fingerprint density at radius 1 is 0.360 bits per heavy atom. The van der Waals surface area contributed by atoms with E-state index in [-0.39, 0.29) is 21.7 Å². The average molecular weight is 706 g/mol. The maximum Gasteiger partial charge on any atom is 0.0834 e. The van der Waals surface area contributed by atoms with Gasteiger partial charge in [0.1, 0.15) is 0 Å². The van der Waals surface area contributed by atoms with Gasteiger partial charge in [-0.1, -0.05) is 155 Å². The van der Waals surface area contributed by atoms with E-state index in [0.29, 0.717) is 10.0 Å². The lowest BCUT2D eigenvalue weighted by Gasteiger charge is -2.32. The molecule has 0 atom stereocenters. The highest BCUT2D eigenvalue weighted by atomic mass is 35.5. The van der Waals surface area contributed by atoms with Crippen molar-refractivity contribution in [3.05, 3.63) is 141 Å². The van der Waals surface area contributed by atoms with Crippen LogP contribution in [0.5, 0.6) is 0 Å². The van der Waals surface area contributed by atoms with Crippen molar-refractivity contribution in [3.8, 4) is 0 Å². The van der Waals surface area contributed by atoms with E-state index in [2.05, 4.69) is 196 Å². The average Bonchev–Trinajstić information content (AvgIpc) is 3.03. The van der Waals surface area contributed by atoms with Crippen molar-refractivity contribution in [2.24, 2.45) is 0 Å². The van der Waals surface area contributed by atoms with Gasteiger partial charge in [0.15, 0.2) is 0 Å². The van der Waals surface area contributed by atoms with Crippen molar-refractivity contribution in [1.29, 1.82) is 0 Å². The smallest absolute Gasteiger partial charge is 0.0834 e. The first kappa shape index (κ1) is 37.5. The molecule has 0 saturated carbocycles. The monoisotopic (exact) mass is 704 g/mol. The number of nitrogens with zero attached hydrogens (tertiary/aromatic N) is 2. The molecule has 0 amide bonds. The van der Waals surface area contributed by atoms with Gasteiger partial charge in [0, 0.05) is 28.4 Å². The molecular weight excluding hydrogens is 651 g/mol. The van der Waals surface area contributed by atoms with Crippen LogP contribution in [0.1, 0.15) is 105 Å². The number of anilines is 6. The van der Waals surface area contributed by atoms with Crippen LogP contribution in [0.2, 0.25) is 10.0 Å². The van der Waals surface area contributed by atoms with Crippen LogP contribution < -0.4 is 9.80 Å². The van der Waals surface area contributed by atoms with Crippen molar-refractivity contribution in [2.75, 3.05) is 9.80 Å². The lowest BCUT2D eigenvalue weighted by molar-refractivity contribution is 0.590. The van der Waals surface area contributed by atoms with Crippen molar-refractivity contribution >= 4 is 57.3 Å². The van der Waals surface area contributed by atoms with Crippen LogP contribution in [0, 0.1) is 0 Å². The topological polar surface area (TPSA) is 6.48 Å². The van der Waals surface area contributed by atoms with Crippen molar-refractivity contribution in [3.63, 3.8) is 0 Å². The maximum absolute atomic E-state index is 7.24. The van der Waals surface area contributed by atoms with E-state index in [1.165, 1.54) is 22.3 Å². The molecule has 0 N–H and O–H groups in total. The molecular formula is C46H54Cl2N2. The van der Waals surface area contributed by atoms with Gasteiger partial charge in [0.05, 0.1) is 15.7 Å². The zero-order valence-corrected chi connectivity index (χ0v) is 33.6. The highest BCUT2D eigenvalue weighted by Crippen LogP contribution is 2.47. The summed E-state index contributed by atoms with van der Waals surface area (Å²) in [6.45, 7) is 26.9. The minimum absolute atomic E-state index is 0.0297. The predicted molar refractivity (Wildman–Crippen MR) is 221 cm³/mol. The summed E-state index contributed by atoms with van der Waals surface area (Å²) in [7, 11) is 0. The molecule has 0 saturated heterocycles. The van der Waals surface area contributed by atoms with E-state index < -0.39 is 0 Å². The molecule has 0 bridgehead atoms. The molecule has 4 heteroatoms. The summed E-state index contributed by atoms with van der Waals surface area (Å²) in [6, 6.07) is 39.4. The summed E-state index contributed by atoms with van der Waals surface area (Å²) in [5.41, 5.74) is 11.0. The van der Waals surface area contributed by atoms with E-state index in [4.69, 9.17) is 23.2 Å². The lowest BCUT2D eigenvalue weighted by Crippen LogP contribution is -2.17. The molecule has 0 unspecified atom stereocenters. The third kappa shape index (κ3) is 8.25. The Bertz CT molecular complexity index is 1870. The molecule has 5 aromatic rings. The quantitative estimate of drug-likeness (QED) is 0.174. The summed E-state index contributed by atoms with van der Waals surface area (Å²) >= 11 is 14.4. The van der Waals surface area contributed by atoms with Gasteiger partial charge in [-0.05, 0) is 105 Å². The Balaban J connectivity index is 1.76. The Labute approximate surface area is 312 Å². The minimum atomic E-state index is -0.0315. The van der Waals surface area contributed by atoms with E-state index in [1.54, 1.807) is 0 Å². The fraction of sp³-hybridized carbons (Fsp3) is 0.348. The van der Waals surface area contributed by atoms with Gasteiger partial charge in [0.25, 0.3) is 0 Å². The van der Waals surface area contributed by atoms with Crippen molar-refractivity contribution < 1.29 is 0 Å². The van der Waals surface area contributed by atoms with Gasteiger partial charge in [0.2, 0.25) is 0 Å². The van der Waals surface area contributed by atoms with Crippen molar-refractivity contribution in [2.45, 2.75) is 105 Å². The molecule has 5 rings (SSSR count). The second-order valence-corrected chi connectivity index (χ2v) is 18.4. The summed E-state index contributed by atoms with van der Waals surface area (Å²) in [5.74, 6) is 0. The van der Waals surface area contributed by atoms with Gasteiger partial charge in [-0.2, -0.15) is 0 Å². The van der Waals surface area contributed by atoms with Gasteiger partial charge in [-0.3, -0.25) is 0 Å². The van der Waals surface area contributed by atoms with Crippen LogP contribution in [0.15, 0.2) is 109 Å². The highest BCUT2D eigenvalue weighted by Gasteiger charge is 2.25. The zero-order valence-electron chi connectivity index (χ0n) is 32.0. The van der Waals surface area contributed by atoms with E-state index in [0.717, 1.165) is 34.1 Å². The Kier molecular flexibility index (Phi) is 10.3. The molecule has 2 nitrogen and oxygen atoms in total. The molecule has 0 aromatic heterocycles. The van der Waals surface area contributed by atoms with Crippen LogP contribution in [0.4, 0.5) is 34.1 Å². The first-order chi connectivity index (χ1) is 23.1. The number of benzene rings is 5. The Morgan fingerprint density at radius 3 is 1.12 bits per heavy atom. The fourth-order valence-electron chi connectivity index (χ4n) is 6.17. The number of rotatable bonds is 6. The summed E-state index contributed by atoms with van der Waals surface area (Å²) in [4.78, 5) is 4.51. The summed E-state index contributed by atoms with van der Waals surface area (Å²) in [5, 5.41) is 0.993. The number of hydrogen-bond donors (Lipinski definition) is 0. The molecule has 5 aromatic carbocycles. The molecule has 0 radical (unpaired) electrons. The van der Waals surface area contributed by atoms with Gasteiger partial charge < -0.3 is 9.80 Å². The summed E-state index contributed by atoms with van der Waals surface area (Å²) < 4.78 is 0. The van der Waals surface area contributed by atoms with Gasteiger partial charge in [-0.15, -0.1) is 0 Å². The normalized spacial score (nSPS) is 12.6. The zero-order chi connectivity index (χ0) is 36.8. The number of hydrogen-bond acceptors (Lipinski definition) is 2. The van der Waals surface area contributed by atoms with Gasteiger partial charge >= 0.3 is 0 Å². The predicted octanol–water partition coefficient (Wildman–Crippen LogP) is 15.1. The molecule has 0 fully saturated rings. The second-order valence-electron chi connectivity index (χ2n) is 17.6. The van der Waals surface area contributed by atoms with Crippen LogP contribution in [0.25, 0.3) is 0 Å². The van der Waals surface area contributed by atoms with Crippen LogP contribution >= 0.6 is 23.2 Å². The van der Waals surface area contributed by atoms with E-state index in [1.807, 2.05) is 6.07 Å². The SMILES string of the molecule is CC(C)(C)c1ccc(N(c2ccc(C(C)(C)C)cc2)c2cc(Cl)c(Cl)c(N(c3ccc(C(C)(C)C)cc3)c3cccc(C(C)(C)C)c3)c2)cc1. The summed E-state index contributed by atoms with van der Waals surface area (Å²) in [6.07, 6.45) is 0. The minimum Gasteiger partial charge on any atom is -0.310 e.